The number of para-hydroxylation sites is 1. The summed E-state index contributed by atoms with van der Waals surface area (Å²) in [7, 11) is -3.99. The third-order valence-corrected chi connectivity index (χ3v) is 5.53. The van der Waals surface area contributed by atoms with Crippen molar-refractivity contribution in [3.05, 3.63) is 58.7 Å². The first-order chi connectivity index (χ1) is 13.5. The van der Waals surface area contributed by atoms with E-state index in [1.807, 2.05) is 6.92 Å². The van der Waals surface area contributed by atoms with Crippen LogP contribution in [0.1, 0.15) is 27.0 Å². The smallest absolute Gasteiger partial charge is 0.340 e. The number of nitrogens with one attached hydrogen (secondary N) is 2. The largest absolute Gasteiger partial charge is 0.452 e. The number of hydrogen-bond acceptors (Lipinski definition) is 6. The van der Waals surface area contributed by atoms with Crippen molar-refractivity contribution in [2.45, 2.75) is 25.7 Å². The van der Waals surface area contributed by atoms with Crippen molar-refractivity contribution in [1.82, 2.24) is 5.32 Å². The van der Waals surface area contributed by atoms with Crippen molar-refractivity contribution in [3.63, 3.8) is 0 Å². The molecule has 0 spiro atoms. The van der Waals surface area contributed by atoms with E-state index in [1.54, 1.807) is 37.4 Å². The molecule has 0 aliphatic carbocycles. The predicted molar refractivity (Wildman–Crippen MR) is 106 cm³/mol. The third kappa shape index (κ3) is 5.55. The molecule has 0 unspecified atom stereocenters. The number of primary amides is 1. The molecule has 0 aromatic heterocycles. The highest BCUT2D eigenvalue weighted by Gasteiger charge is 2.23. The van der Waals surface area contributed by atoms with Crippen LogP contribution < -0.4 is 15.8 Å². The molecule has 0 atom stereocenters. The lowest BCUT2D eigenvalue weighted by Crippen LogP contribution is -2.37. The first kappa shape index (κ1) is 21.9. The normalized spacial score (nSPS) is 10.9. The number of rotatable bonds is 6. The van der Waals surface area contributed by atoms with Gasteiger partial charge in [-0.1, -0.05) is 29.8 Å². The Bertz CT molecular complexity index is 1060. The van der Waals surface area contributed by atoms with E-state index < -0.39 is 34.5 Å². The van der Waals surface area contributed by atoms with Crippen LogP contribution in [0.3, 0.4) is 0 Å². The molecule has 0 radical (unpaired) electrons. The molecule has 0 aliphatic rings. The van der Waals surface area contributed by atoms with Crippen molar-refractivity contribution in [2.75, 3.05) is 11.3 Å². The zero-order chi connectivity index (χ0) is 21.8. The van der Waals surface area contributed by atoms with Gasteiger partial charge in [-0.25, -0.2) is 18.0 Å². The Morgan fingerprint density at radius 1 is 1.03 bits per heavy atom. The van der Waals surface area contributed by atoms with E-state index >= 15 is 0 Å². The fraction of sp³-hybridized carbons (Fsp3) is 0.211. The standard InChI is InChI=1S/C19H21N3O6S/c1-11-8-12(2)17(13(3)9-11)29(26,27)22-15-7-5-4-6-14(15)18(24)28-10-16(23)21-19(20)25/h4-9,22H,10H2,1-3H3,(H3,20,21,23,25). The number of sulfonamides is 1. The number of nitrogens with two attached hydrogens (primary N) is 1. The summed E-state index contributed by atoms with van der Waals surface area (Å²) in [6.45, 7) is 4.49. The number of carbonyl (C=O) groups excluding carboxylic acids is 3. The number of amides is 3. The second kappa shape index (κ2) is 8.74. The molecule has 0 aliphatic heterocycles. The van der Waals surface area contributed by atoms with E-state index in [1.165, 1.54) is 18.2 Å². The first-order valence-corrected chi connectivity index (χ1v) is 9.95. The topological polar surface area (TPSA) is 145 Å². The Morgan fingerprint density at radius 2 is 1.62 bits per heavy atom. The second-order valence-corrected chi connectivity index (χ2v) is 7.99. The SMILES string of the molecule is Cc1cc(C)c(S(=O)(=O)Nc2ccccc2C(=O)OCC(=O)NC(N)=O)c(C)c1. The number of urea groups is 1. The molecule has 0 bridgehead atoms. The van der Waals surface area contributed by atoms with Crippen LogP contribution in [0, 0.1) is 20.8 Å². The van der Waals surface area contributed by atoms with Gasteiger partial charge in [0.1, 0.15) is 0 Å². The number of benzene rings is 2. The summed E-state index contributed by atoms with van der Waals surface area (Å²) in [4.78, 5) is 34.4. The highest BCUT2D eigenvalue weighted by molar-refractivity contribution is 7.92. The monoisotopic (exact) mass is 419 g/mol. The van der Waals surface area contributed by atoms with Crippen molar-refractivity contribution in [1.29, 1.82) is 0 Å². The van der Waals surface area contributed by atoms with E-state index in [4.69, 9.17) is 10.5 Å². The third-order valence-electron chi connectivity index (χ3n) is 3.86. The molecule has 2 aromatic rings. The summed E-state index contributed by atoms with van der Waals surface area (Å²) in [6, 6.07) is 8.22. The molecule has 10 heteroatoms. The summed E-state index contributed by atoms with van der Waals surface area (Å²) in [5.74, 6) is -1.85. The summed E-state index contributed by atoms with van der Waals surface area (Å²) in [6.07, 6.45) is 0. The molecule has 2 aromatic carbocycles. The second-order valence-electron chi connectivity index (χ2n) is 6.37. The van der Waals surface area contributed by atoms with Gasteiger partial charge < -0.3 is 10.5 Å². The molecule has 3 amide bonds. The van der Waals surface area contributed by atoms with Gasteiger partial charge in [-0.3, -0.25) is 14.8 Å². The number of aryl methyl sites for hydroxylation is 3. The number of anilines is 1. The number of hydrogen-bond donors (Lipinski definition) is 3. The Hall–Kier alpha value is -3.40. The quantitative estimate of drug-likeness (QED) is 0.609. The van der Waals surface area contributed by atoms with Gasteiger partial charge in [-0.05, 0) is 44.0 Å². The Balaban J connectivity index is 2.28. The average Bonchev–Trinajstić information content (AvgIpc) is 2.58. The van der Waals surface area contributed by atoms with Gasteiger partial charge in [-0.2, -0.15) is 0 Å². The Labute approximate surface area is 168 Å². The maximum Gasteiger partial charge on any atom is 0.340 e. The van der Waals surface area contributed by atoms with E-state index in [9.17, 15) is 22.8 Å². The number of esters is 1. The number of imide groups is 1. The Kier molecular flexibility index (Phi) is 6.60. The van der Waals surface area contributed by atoms with E-state index in [-0.39, 0.29) is 16.1 Å². The van der Waals surface area contributed by atoms with Crippen LogP contribution in [0.4, 0.5) is 10.5 Å². The van der Waals surface area contributed by atoms with Gasteiger partial charge in [0.15, 0.2) is 6.61 Å². The summed E-state index contributed by atoms with van der Waals surface area (Å²) in [5, 5.41) is 1.75. The minimum Gasteiger partial charge on any atom is -0.452 e. The fourth-order valence-electron chi connectivity index (χ4n) is 2.92. The molecule has 0 saturated heterocycles. The highest BCUT2D eigenvalue weighted by atomic mass is 32.2. The van der Waals surface area contributed by atoms with Crippen LogP contribution >= 0.6 is 0 Å². The van der Waals surface area contributed by atoms with Gasteiger partial charge in [0.05, 0.1) is 16.1 Å². The average molecular weight is 419 g/mol. The lowest BCUT2D eigenvalue weighted by atomic mass is 10.1. The van der Waals surface area contributed by atoms with E-state index in [2.05, 4.69) is 4.72 Å². The molecule has 2 rings (SSSR count). The number of carbonyl (C=O) groups is 3. The number of ether oxygens (including phenoxy) is 1. The van der Waals surface area contributed by atoms with Crippen molar-refractivity contribution in [2.24, 2.45) is 5.73 Å². The van der Waals surface area contributed by atoms with Gasteiger partial charge in [-0.15, -0.1) is 0 Å². The molecule has 29 heavy (non-hydrogen) atoms. The van der Waals surface area contributed by atoms with Crippen molar-refractivity contribution < 1.29 is 27.5 Å². The van der Waals surface area contributed by atoms with Crippen LogP contribution in [0.2, 0.25) is 0 Å². The van der Waals surface area contributed by atoms with Gasteiger partial charge in [0, 0.05) is 0 Å². The molecule has 0 saturated carbocycles. The zero-order valence-corrected chi connectivity index (χ0v) is 16.9. The maximum absolute atomic E-state index is 12.9. The summed E-state index contributed by atoms with van der Waals surface area (Å²) in [5.41, 5.74) is 6.77. The summed E-state index contributed by atoms with van der Waals surface area (Å²) < 4.78 is 33.1. The summed E-state index contributed by atoms with van der Waals surface area (Å²) >= 11 is 0. The van der Waals surface area contributed by atoms with Crippen LogP contribution in [0.5, 0.6) is 0 Å². The molecule has 4 N–H and O–H groups in total. The van der Waals surface area contributed by atoms with E-state index in [0.29, 0.717) is 11.1 Å². The fourth-order valence-corrected chi connectivity index (χ4v) is 4.45. The van der Waals surface area contributed by atoms with E-state index in [0.717, 1.165) is 5.56 Å². The van der Waals surface area contributed by atoms with Crippen LogP contribution in [0.25, 0.3) is 0 Å². The molecule has 9 nitrogen and oxygen atoms in total. The van der Waals surface area contributed by atoms with Crippen LogP contribution in [-0.2, 0) is 19.6 Å². The first-order valence-electron chi connectivity index (χ1n) is 8.47. The van der Waals surface area contributed by atoms with Crippen molar-refractivity contribution >= 4 is 33.6 Å². The van der Waals surface area contributed by atoms with Crippen LogP contribution in [-0.4, -0.2) is 32.9 Å². The molecule has 0 fully saturated rings. The zero-order valence-electron chi connectivity index (χ0n) is 16.1. The van der Waals surface area contributed by atoms with Gasteiger partial charge in [0.2, 0.25) is 0 Å². The molecular weight excluding hydrogens is 398 g/mol. The van der Waals surface area contributed by atoms with Crippen molar-refractivity contribution in [3.8, 4) is 0 Å². The lowest BCUT2D eigenvalue weighted by Gasteiger charge is -2.15. The van der Waals surface area contributed by atoms with Crippen LogP contribution in [0.15, 0.2) is 41.3 Å². The molecule has 154 valence electrons. The molecule has 0 heterocycles. The highest BCUT2D eigenvalue weighted by Crippen LogP contribution is 2.26. The minimum absolute atomic E-state index is 0.00724. The maximum atomic E-state index is 12.9. The Morgan fingerprint density at radius 3 is 2.21 bits per heavy atom. The molecular formula is C19H21N3O6S. The van der Waals surface area contributed by atoms with Gasteiger partial charge >= 0.3 is 12.0 Å². The minimum atomic E-state index is -3.99. The predicted octanol–water partition coefficient (Wildman–Crippen LogP) is 1.76. The van der Waals surface area contributed by atoms with Gasteiger partial charge in [0.25, 0.3) is 15.9 Å². The lowest BCUT2D eigenvalue weighted by molar-refractivity contribution is -0.123.